The molecule has 1 aromatic carbocycles. The average molecular weight is 256 g/mol. The lowest BCUT2D eigenvalue weighted by molar-refractivity contribution is 1.41. The third-order valence-electron chi connectivity index (χ3n) is 1.95. The number of hydrogen-bond donors (Lipinski definition) is 1. The Kier molecular flexibility index (Phi) is 3.57. The SMILES string of the molecule is Nc1cc(Cl)ccc1SCc1ccsc1. The maximum absolute atomic E-state index is 5.86. The Morgan fingerprint density at radius 2 is 2.20 bits per heavy atom. The van der Waals surface area contributed by atoms with Crippen LogP contribution in [0.15, 0.2) is 39.9 Å². The van der Waals surface area contributed by atoms with Gasteiger partial charge in [0.2, 0.25) is 0 Å². The van der Waals surface area contributed by atoms with Gasteiger partial charge < -0.3 is 5.73 Å². The smallest absolute Gasteiger partial charge is 0.0467 e. The third-order valence-corrected chi connectivity index (χ3v) is 4.07. The Bertz CT molecular complexity index is 440. The van der Waals surface area contributed by atoms with E-state index < -0.39 is 0 Å². The molecule has 0 saturated carbocycles. The molecule has 0 amide bonds. The van der Waals surface area contributed by atoms with Gasteiger partial charge in [0.05, 0.1) is 0 Å². The normalized spacial score (nSPS) is 10.5. The van der Waals surface area contributed by atoms with Gasteiger partial charge in [0.15, 0.2) is 0 Å². The molecule has 0 spiro atoms. The van der Waals surface area contributed by atoms with Gasteiger partial charge in [-0.25, -0.2) is 0 Å². The summed E-state index contributed by atoms with van der Waals surface area (Å²) in [5.74, 6) is 0.954. The molecule has 2 aromatic rings. The van der Waals surface area contributed by atoms with Crippen LogP contribution in [-0.4, -0.2) is 0 Å². The zero-order valence-corrected chi connectivity index (χ0v) is 10.3. The average Bonchev–Trinajstić information content (AvgIpc) is 2.69. The molecule has 1 heterocycles. The summed E-state index contributed by atoms with van der Waals surface area (Å²) in [7, 11) is 0. The van der Waals surface area contributed by atoms with Crippen LogP contribution < -0.4 is 5.73 Å². The van der Waals surface area contributed by atoms with Gasteiger partial charge in [-0.05, 0) is 40.6 Å². The quantitative estimate of drug-likeness (QED) is 0.655. The molecule has 0 fully saturated rings. The number of nitrogen functional groups attached to an aromatic ring is 1. The van der Waals surface area contributed by atoms with Crippen LogP contribution in [0.5, 0.6) is 0 Å². The second-order valence-corrected chi connectivity index (χ2v) is 5.34. The molecular weight excluding hydrogens is 246 g/mol. The van der Waals surface area contributed by atoms with E-state index in [-0.39, 0.29) is 0 Å². The van der Waals surface area contributed by atoms with Crippen molar-refractivity contribution >= 4 is 40.4 Å². The molecule has 0 bridgehead atoms. The summed E-state index contributed by atoms with van der Waals surface area (Å²) in [5, 5.41) is 4.92. The zero-order valence-electron chi connectivity index (χ0n) is 7.94. The molecule has 1 nitrogen and oxygen atoms in total. The summed E-state index contributed by atoms with van der Waals surface area (Å²) in [6.45, 7) is 0. The number of hydrogen-bond acceptors (Lipinski definition) is 3. The first-order valence-electron chi connectivity index (χ1n) is 4.44. The van der Waals surface area contributed by atoms with Gasteiger partial charge in [-0.15, -0.1) is 11.8 Å². The van der Waals surface area contributed by atoms with Gasteiger partial charge >= 0.3 is 0 Å². The van der Waals surface area contributed by atoms with Crippen molar-refractivity contribution in [2.24, 2.45) is 0 Å². The van der Waals surface area contributed by atoms with E-state index in [4.69, 9.17) is 17.3 Å². The second kappa shape index (κ2) is 4.92. The fourth-order valence-electron chi connectivity index (χ4n) is 1.19. The summed E-state index contributed by atoms with van der Waals surface area (Å²) >= 11 is 9.28. The lowest BCUT2D eigenvalue weighted by atomic mass is 10.3. The molecule has 0 aliphatic heterocycles. The van der Waals surface area contributed by atoms with Crippen molar-refractivity contribution in [3.05, 3.63) is 45.6 Å². The second-order valence-electron chi connectivity index (χ2n) is 3.10. The lowest BCUT2D eigenvalue weighted by Gasteiger charge is -2.04. The van der Waals surface area contributed by atoms with E-state index in [2.05, 4.69) is 16.8 Å². The van der Waals surface area contributed by atoms with Crippen molar-refractivity contribution in [2.45, 2.75) is 10.6 Å². The molecule has 0 radical (unpaired) electrons. The maximum atomic E-state index is 5.86. The van der Waals surface area contributed by atoms with E-state index in [0.29, 0.717) is 5.02 Å². The van der Waals surface area contributed by atoms with Crippen LogP contribution in [0.3, 0.4) is 0 Å². The van der Waals surface area contributed by atoms with Crippen LogP contribution in [-0.2, 0) is 5.75 Å². The monoisotopic (exact) mass is 255 g/mol. The topological polar surface area (TPSA) is 26.0 Å². The van der Waals surface area contributed by atoms with Crippen LogP contribution in [0.2, 0.25) is 5.02 Å². The first-order valence-corrected chi connectivity index (χ1v) is 6.75. The Morgan fingerprint density at radius 3 is 2.87 bits per heavy atom. The van der Waals surface area contributed by atoms with Gasteiger partial charge in [0.1, 0.15) is 0 Å². The van der Waals surface area contributed by atoms with Gasteiger partial charge in [-0.2, -0.15) is 11.3 Å². The zero-order chi connectivity index (χ0) is 10.7. The van der Waals surface area contributed by atoms with E-state index >= 15 is 0 Å². The summed E-state index contributed by atoms with van der Waals surface area (Å²) in [4.78, 5) is 1.09. The number of thiophene rings is 1. The maximum Gasteiger partial charge on any atom is 0.0467 e. The number of anilines is 1. The predicted molar refractivity (Wildman–Crippen MR) is 69.7 cm³/mol. The molecule has 0 atom stereocenters. The van der Waals surface area contributed by atoms with Crippen LogP contribution in [0, 0.1) is 0 Å². The highest BCUT2D eigenvalue weighted by Crippen LogP contribution is 2.30. The van der Waals surface area contributed by atoms with E-state index in [1.54, 1.807) is 29.2 Å². The first-order chi connectivity index (χ1) is 7.25. The molecule has 0 aliphatic carbocycles. The molecule has 15 heavy (non-hydrogen) atoms. The van der Waals surface area contributed by atoms with E-state index in [1.165, 1.54) is 5.56 Å². The van der Waals surface area contributed by atoms with Crippen LogP contribution in [0.4, 0.5) is 5.69 Å². The number of nitrogens with two attached hydrogens (primary N) is 1. The summed E-state index contributed by atoms with van der Waals surface area (Å²) in [5.41, 5.74) is 7.94. The van der Waals surface area contributed by atoms with Crippen LogP contribution >= 0.6 is 34.7 Å². The van der Waals surface area contributed by atoms with Gasteiger partial charge in [0, 0.05) is 21.4 Å². The number of benzene rings is 1. The number of thioether (sulfide) groups is 1. The standard InChI is InChI=1S/C11H10ClNS2/c12-9-1-2-11(10(13)5-9)15-7-8-3-4-14-6-8/h1-6H,7,13H2. The first kappa shape index (κ1) is 10.9. The number of halogens is 1. The fourth-order valence-corrected chi connectivity index (χ4v) is 3.03. The van der Waals surface area contributed by atoms with Crippen LogP contribution in [0.1, 0.15) is 5.56 Å². The highest BCUT2D eigenvalue weighted by atomic mass is 35.5. The third kappa shape index (κ3) is 2.91. The minimum Gasteiger partial charge on any atom is -0.398 e. The summed E-state index contributed by atoms with van der Waals surface area (Å²) in [6, 6.07) is 7.75. The van der Waals surface area contributed by atoms with Crippen molar-refractivity contribution in [1.82, 2.24) is 0 Å². The molecular formula is C11H10ClNS2. The van der Waals surface area contributed by atoms with E-state index in [1.807, 2.05) is 12.1 Å². The van der Waals surface area contributed by atoms with E-state index in [0.717, 1.165) is 16.3 Å². The van der Waals surface area contributed by atoms with E-state index in [9.17, 15) is 0 Å². The molecule has 78 valence electrons. The molecule has 2 rings (SSSR count). The Hall–Kier alpha value is -0.640. The van der Waals surface area contributed by atoms with Crippen molar-refractivity contribution in [2.75, 3.05) is 5.73 Å². The summed E-state index contributed by atoms with van der Waals surface area (Å²) < 4.78 is 0. The molecule has 4 heteroatoms. The lowest BCUT2D eigenvalue weighted by Crippen LogP contribution is -1.88. The number of rotatable bonds is 3. The van der Waals surface area contributed by atoms with Gasteiger partial charge in [-0.3, -0.25) is 0 Å². The highest BCUT2D eigenvalue weighted by molar-refractivity contribution is 7.98. The minimum atomic E-state index is 0.687. The largest absolute Gasteiger partial charge is 0.398 e. The fraction of sp³-hybridized carbons (Fsp3) is 0.0909. The van der Waals surface area contributed by atoms with Gasteiger partial charge in [-0.1, -0.05) is 11.6 Å². The predicted octanol–water partition coefficient (Wildman–Crippen LogP) is 4.28. The molecule has 0 saturated heterocycles. The molecule has 1 aromatic heterocycles. The Labute approximate surface area is 102 Å². The molecule has 2 N–H and O–H groups in total. The Balaban J connectivity index is 2.05. The van der Waals surface area contributed by atoms with Crippen molar-refractivity contribution in [1.29, 1.82) is 0 Å². The van der Waals surface area contributed by atoms with Gasteiger partial charge in [0.25, 0.3) is 0 Å². The highest BCUT2D eigenvalue weighted by Gasteiger charge is 2.01. The van der Waals surface area contributed by atoms with Crippen LogP contribution in [0.25, 0.3) is 0 Å². The van der Waals surface area contributed by atoms with Crippen molar-refractivity contribution in [3.8, 4) is 0 Å². The Morgan fingerprint density at radius 1 is 1.33 bits per heavy atom. The summed E-state index contributed by atoms with van der Waals surface area (Å²) in [6.07, 6.45) is 0. The molecule has 0 aliphatic rings. The molecule has 0 unspecified atom stereocenters. The van der Waals surface area contributed by atoms with Crippen molar-refractivity contribution in [3.63, 3.8) is 0 Å². The van der Waals surface area contributed by atoms with Crippen molar-refractivity contribution < 1.29 is 0 Å². The minimum absolute atomic E-state index is 0.687.